The van der Waals surface area contributed by atoms with E-state index in [0.717, 1.165) is 25.7 Å². The highest BCUT2D eigenvalue weighted by molar-refractivity contribution is 6.23. The van der Waals surface area contributed by atoms with Crippen molar-refractivity contribution in [1.82, 2.24) is 0 Å². The first-order chi connectivity index (χ1) is 5.61. The van der Waals surface area contributed by atoms with Crippen molar-refractivity contribution in [2.45, 2.75) is 38.0 Å². The Kier molecular flexibility index (Phi) is 2.83. The number of hydrogen-bond donors (Lipinski definition) is 2. The van der Waals surface area contributed by atoms with Gasteiger partial charge in [0.1, 0.15) is 5.84 Å². The number of nitrogens with zero attached hydrogens (tertiary/aromatic N) is 1. The van der Waals surface area contributed by atoms with Crippen molar-refractivity contribution in [2.24, 2.45) is 16.3 Å². The quantitative estimate of drug-likeness (QED) is 0.218. The smallest absolute Gasteiger partial charge is 0.146 e. The van der Waals surface area contributed by atoms with Crippen LogP contribution in [0.5, 0.6) is 0 Å². The van der Waals surface area contributed by atoms with E-state index in [0.29, 0.717) is 0 Å². The number of rotatable bonds is 1. The molecule has 3 nitrogen and oxygen atoms in total. The fourth-order valence-electron chi connectivity index (χ4n) is 1.69. The van der Waals surface area contributed by atoms with Gasteiger partial charge >= 0.3 is 0 Å². The maximum Gasteiger partial charge on any atom is 0.146 e. The SMILES string of the molecule is CC1(/C(N)=N\O)CCCCC1Cl. The van der Waals surface area contributed by atoms with Crippen molar-refractivity contribution >= 4 is 17.4 Å². The Balaban J connectivity index is 2.79. The molecule has 12 heavy (non-hydrogen) atoms. The highest BCUT2D eigenvalue weighted by atomic mass is 35.5. The minimum absolute atomic E-state index is 0.00199. The van der Waals surface area contributed by atoms with Gasteiger partial charge in [-0.2, -0.15) is 0 Å². The van der Waals surface area contributed by atoms with Gasteiger partial charge in [0, 0.05) is 10.8 Å². The first kappa shape index (κ1) is 9.65. The van der Waals surface area contributed by atoms with Gasteiger partial charge in [-0.25, -0.2) is 0 Å². The molecule has 1 rings (SSSR count). The maximum absolute atomic E-state index is 8.57. The van der Waals surface area contributed by atoms with Gasteiger partial charge < -0.3 is 10.9 Å². The van der Waals surface area contributed by atoms with Crippen molar-refractivity contribution in [3.63, 3.8) is 0 Å². The number of nitrogens with two attached hydrogens (primary N) is 1. The molecule has 4 heteroatoms. The van der Waals surface area contributed by atoms with Gasteiger partial charge in [0.2, 0.25) is 0 Å². The molecule has 0 radical (unpaired) electrons. The van der Waals surface area contributed by atoms with Gasteiger partial charge in [0.05, 0.1) is 0 Å². The summed E-state index contributed by atoms with van der Waals surface area (Å²) in [7, 11) is 0. The van der Waals surface area contributed by atoms with Crippen LogP contribution in [-0.2, 0) is 0 Å². The highest BCUT2D eigenvalue weighted by Gasteiger charge is 2.39. The van der Waals surface area contributed by atoms with Crippen LogP contribution < -0.4 is 5.73 Å². The molecule has 0 aromatic carbocycles. The number of oxime groups is 1. The minimum Gasteiger partial charge on any atom is -0.409 e. The largest absolute Gasteiger partial charge is 0.409 e. The lowest BCUT2D eigenvalue weighted by atomic mass is 9.74. The lowest BCUT2D eigenvalue weighted by Gasteiger charge is -2.36. The molecule has 0 spiro atoms. The normalized spacial score (nSPS) is 38.2. The number of hydrogen-bond acceptors (Lipinski definition) is 2. The van der Waals surface area contributed by atoms with Crippen LogP contribution in [0, 0.1) is 5.41 Å². The summed E-state index contributed by atoms with van der Waals surface area (Å²) in [6.07, 6.45) is 4.11. The summed E-state index contributed by atoms with van der Waals surface area (Å²) in [5.74, 6) is 0.266. The summed E-state index contributed by atoms with van der Waals surface area (Å²) in [5, 5.41) is 11.6. The Bertz CT molecular complexity index is 195. The molecule has 0 aliphatic heterocycles. The average Bonchev–Trinajstić information content (AvgIpc) is 2.09. The van der Waals surface area contributed by atoms with Crippen LogP contribution >= 0.6 is 11.6 Å². The highest BCUT2D eigenvalue weighted by Crippen LogP contribution is 2.39. The van der Waals surface area contributed by atoms with Gasteiger partial charge in [-0.3, -0.25) is 0 Å². The topological polar surface area (TPSA) is 58.6 Å². The van der Waals surface area contributed by atoms with Crippen molar-refractivity contribution in [1.29, 1.82) is 0 Å². The molecule has 3 N–H and O–H groups in total. The van der Waals surface area contributed by atoms with Gasteiger partial charge in [-0.1, -0.05) is 24.9 Å². The Morgan fingerprint density at radius 3 is 2.83 bits per heavy atom. The van der Waals surface area contributed by atoms with E-state index in [1.165, 1.54) is 0 Å². The van der Waals surface area contributed by atoms with E-state index < -0.39 is 0 Å². The summed E-state index contributed by atoms with van der Waals surface area (Å²) in [5.41, 5.74) is 5.28. The van der Waals surface area contributed by atoms with Crippen molar-refractivity contribution in [3.8, 4) is 0 Å². The van der Waals surface area contributed by atoms with Crippen LogP contribution in [0.2, 0.25) is 0 Å². The second-order valence-electron chi connectivity index (χ2n) is 3.62. The van der Waals surface area contributed by atoms with Crippen LogP contribution in [-0.4, -0.2) is 16.4 Å². The zero-order valence-corrected chi connectivity index (χ0v) is 8.01. The standard InChI is InChI=1S/C8H15ClN2O/c1-8(7(10)11-12)5-3-2-4-6(8)9/h6,12H,2-5H2,1H3,(H2,10,11). The second-order valence-corrected chi connectivity index (χ2v) is 4.14. The lowest BCUT2D eigenvalue weighted by Crippen LogP contribution is -2.43. The maximum atomic E-state index is 8.57. The molecule has 2 unspecified atom stereocenters. The summed E-state index contributed by atoms with van der Waals surface area (Å²) in [6.45, 7) is 1.96. The van der Waals surface area contributed by atoms with Crippen molar-refractivity contribution < 1.29 is 5.21 Å². The zero-order chi connectivity index (χ0) is 9.19. The van der Waals surface area contributed by atoms with E-state index in [-0.39, 0.29) is 16.6 Å². The number of alkyl halides is 1. The van der Waals surface area contributed by atoms with E-state index in [4.69, 9.17) is 22.5 Å². The van der Waals surface area contributed by atoms with Crippen molar-refractivity contribution in [3.05, 3.63) is 0 Å². The Labute approximate surface area is 77.6 Å². The second kappa shape index (κ2) is 3.52. The third-order valence-corrected chi connectivity index (χ3v) is 3.49. The molecule has 1 fully saturated rings. The molecule has 0 amide bonds. The van der Waals surface area contributed by atoms with Crippen LogP contribution in [0.25, 0.3) is 0 Å². The minimum atomic E-state index is -0.311. The predicted octanol–water partition coefficient (Wildman–Crippen LogP) is 1.92. The summed E-state index contributed by atoms with van der Waals surface area (Å²) in [4.78, 5) is 0. The summed E-state index contributed by atoms with van der Waals surface area (Å²) < 4.78 is 0. The predicted molar refractivity (Wildman–Crippen MR) is 49.6 cm³/mol. The van der Waals surface area contributed by atoms with Crippen LogP contribution in [0.3, 0.4) is 0 Å². The molecule has 0 aromatic heterocycles. The fourth-order valence-corrected chi connectivity index (χ4v) is 2.07. The monoisotopic (exact) mass is 190 g/mol. The van der Waals surface area contributed by atoms with Crippen LogP contribution in [0.4, 0.5) is 0 Å². The molecule has 1 aliphatic carbocycles. The summed E-state index contributed by atoms with van der Waals surface area (Å²) >= 11 is 6.13. The Morgan fingerprint density at radius 1 is 1.67 bits per heavy atom. The van der Waals surface area contributed by atoms with Gasteiger partial charge in [-0.15, -0.1) is 11.6 Å². The third kappa shape index (κ3) is 1.51. The molecular formula is C8H15ClN2O. The molecule has 0 aromatic rings. The van der Waals surface area contributed by atoms with Crippen molar-refractivity contribution in [2.75, 3.05) is 0 Å². The summed E-state index contributed by atoms with van der Waals surface area (Å²) in [6, 6.07) is 0. The van der Waals surface area contributed by atoms with E-state index in [1.807, 2.05) is 6.92 Å². The molecule has 1 aliphatic rings. The van der Waals surface area contributed by atoms with E-state index in [2.05, 4.69) is 5.16 Å². The number of halogens is 1. The molecule has 70 valence electrons. The molecular weight excluding hydrogens is 176 g/mol. The first-order valence-electron chi connectivity index (χ1n) is 4.23. The van der Waals surface area contributed by atoms with Crippen LogP contribution in [0.15, 0.2) is 5.16 Å². The molecule has 0 bridgehead atoms. The first-order valence-corrected chi connectivity index (χ1v) is 4.67. The van der Waals surface area contributed by atoms with E-state index in [9.17, 15) is 0 Å². The van der Waals surface area contributed by atoms with Gasteiger partial charge in [0.25, 0.3) is 0 Å². The van der Waals surface area contributed by atoms with Gasteiger partial charge in [-0.05, 0) is 12.8 Å². The van der Waals surface area contributed by atoms with Gasteiger partial charge in [0.15, 0.2) is 0 Å². The molecule has 0 heterocycles. The van der Waals surface area contributed by atoms with E-state index >= 15 is 0 Å². The zero-order valence-electron chi connectivity index (χ0n) is 7.26. The molecule has 2 atom stereocenters. The molecule has 0 saturated heterocycles. The van der Waals surface area contributed by atoms with Crippen LogP contribution in [0.1, 0.15) is 32.6 Å². The third-order valence-electron chi connectivity index (χ3n) is 2.79. The fraction of sp³-hybridized carbons (Fsp3) is 0.875. The lowest BCUT2D eigenvalue weighted by molar-refractivity contribution is 0.277. The molecule has 1 saturated carbocycles. The average molecular weight is 191 g/mol. The number of amidine groups is 1. The Morgan fingerprint density at radius 2 is 2.33 bits per heavy atom. The van der Waals surface area contributed by atoms with E-state index in [1.54, 1.807) is 0 Å². The Hall–Kier alpha value is -0.440.